The molecule has 2 rings (SSSR count). The van der Waals surface area contributed by atoms with Crippen LogP contribution in [0.25, 0.3) is 0 Å². The van der Waals surface area contributed by atoms with Crippen molar-refractivity contribution in [3.63, 3.8) is 0 Å². The van der Waals surface area contributed by atoms with Crippen LogP contribution >= 0.6 is 0 Å². The van der Waals surface area contributed by atoms with Gasteiger partial charge in [-0.05, 0) is 25.0 Å². The van der Waals surface area contributed by atoms with Crippen LogP contribution in [0.2, 0.25) is 0 Å². The van der Waals surface area contributed by atoms with Crippen LogP contribution in [-0.4, -0.2) is 4.92 Å². The van der Waals surface area contributed by atoms with Crippen LogP contribution in [0.3, 0.4) is 0 Å². The highest BCUT2D eigenvalue weighted by atomic mass is 19.1. The standard InChI is InChI=1S/C15H14F2N2O2/c1-9-5-3-4-6-12(9)10(2)18-14-8-11(16)7-13(17)15(14)19(20)21/h3-8,10,18H,1-2H3. The summed E-state index contributed by atoms with van der Waals surface area (Å²) in [5.41, 5.74) is 0.957. The van der Waals surface area contributed by atoms with Crippen LogP contribution in [0.5, 0.6) is 0 Å². The van der Waals surface area contributed by atoms with Crippen molar-refractivity contribution in [2.24, 2.45) is 0 Å². The maximum atomic E-state index is 13.6. The fourth-order valence-corrected chi connectivity index (χ4v) is 2.25. The number of benzene rings is 2. The molecule has 0 aliphatic rings. The first-order valence-corrected chi connectivity index (χ1v) is 6.35. The average Bonchev–Trinajstić information content (AvgIpc) is 2.37. The predicted molar refractivity (Wildman–Crippen MR) is 76.2 cm³/mol. The lowest BCUT2D eigenvalue weighted by Gasteiger charge is -2.18. The van der Waals surface area contributed by atoms with Gasteiger partial charge in [-0.1, -0.05) is 24.3 Å². The second-order valence-electron chi connectivity index (χ2n) is 4.76. The summed E-state index contributed by atoms with van der Waals surface area (Å²) >= 11 is 0. The van der Waals surface area contributed by atoms with E-state index >= 15 is 0 Å². The maximum Gasteiger partial charge on any atom is 0.327 e. The van der Waals surface area contributed by atoms with Crippen molar-refractivity contribution < 1.29 is 13.7 Å². The van der Waals surface area contributed by atoms with Gasteiger partial charge in [0.15, 0.2) is 0 Å². The molecule has 0 aromatic heterocycles. The van der Waals surface area contributed by atoms with E-state index in [1.807, 2.05) is 31.2 Å². The van der Waals surface area contributed by atoms with Gasteiger partial charge in [-0.3, -0.25) is 10.1 Å². The molecule has 0 amide bonds. The quantitative estimate of drug-likeness (QED) is 0.673. The predicted octanol–water partition coefficient (Wildman–Crippen LogP) is 4.35. The molecule has 2 aromatic rings. The zero-order valence-electron chi connectivity index (χ0n) is 11.6. The second-order valence-corrected chi connectivity index (χ2v) is 4.76. The molecule has 1 N–H and O–H groups in total. The zero-order valence-corrected chi connectivity index (χ0v) is 11.6. The van der Waals surface area contributed by atoms with E-state index in [4.69, 9.17) is 0 Å². The van der Waals surface area contributed by atoms with Crippen LogP contribution < -0.4 is 5.32 Å². The molecule has 0 heterocycles. The number of nitrogens with zero attached hydrogens (tertiary/aromatic N) is 1. The molecule has 2 aromatic carbocycles. The van der Waals surface area contributed by atoms with Crippen molar-refractivity contribution >= 4 is 11.4 Å². The van der Waals surface area contributed by atoms with Crippen LogP contribution in [0.4, 0.5) is 20.2 Å². The minimum atomic E-state index is -1.19. The summed E-state index contributed by atoms with van der Waals surface area (Å²) < 4.78 is 26.9. The van der Waals surface area contributed by atoms with Gasteiger partial charge in [0, 0.05) is 18.2 Å². The number of hydrogen-bond donors (Lipinski definition) is 1. The number of rotatable bonds is 4. The van der Waals surface area contributed by atoms with Gasteiger partial charge < -0.3 is 5.32 Å². The maximum absolute atomic E-state index is 13.6. The number of nitrogens with one attached hydrogen (secondary N) is 1. The molecule has 0 fully saturated rings. The smallest absolute Gasteiger partial charge is 0.327 e. The normalized spacial score (nSPS) is 12.0. The molecule has 0 spiro atoms. The van der Waals surface area contributed by atoms with E-state index in [0.29, 0.717) is 6.07 Å². The lowest BCUT2D eigenvalue weighted by molar-refractivity contribution is -0.386. The van der Waals surface area contributed by atoms with Crippen molar-refractivity contribution in [2.45, 2.75) is 19.9 Å². The van der Waals surface area contributed by atoms with E-state index in [1.54, 1.807) is 6.92 Å². The lowest BCUT2D eigenvalue weighted by Crippen LogP contribution is -2.10. The fraction of sp³-hybridized carbons (Fsp3) is 0.200. The van der Waals surface area contributed by atoms with Crippen molar-refractivity contribution in [2.75, 3.05) is 5.32 Å². The number of nitro groups is 1. The van der Waals surface area contributed by atoms with Crippen LogP contribution in [0.1, 0.15) is 24.1 Å². The molecule has 0 bridgehead atoms. The van der Waals surface area contributed by atoms with Gasteiger partial charge in [0.2, 0.25) is 5.82 Å². The first-order chi connectivity index (χ1) is 9.90. The monoisotopic (exact) mass is 292 g/mol. The molecule has 21 heavy (non-hydrogen) atoms. The minimum absolute atomic E-state index is 0.173. The molecule has 0 radical (unpaired) electrons. The number of hydrogen-bond acceptors (Lipinski definition) is 3. The number of anilines is 1. The van der Waals surface area contributed by atoms with Gasteiger partial charge >= 0.3 is 5.69 Å². The van der Waals surface area contributed by atoms with Crippen molar-refractivity contribution in [1.29, 1.82) is 0 Å². The van der Waals surface area contributed by atoms with Gasteiger partial charge in [-0.2, -0.15) is 4.39 Å². The Bertz CT molecular complexity index is 689. The first kappa shape index (κ1) is 14.9. The Morgan fingerprint density at radius 1 is 1.24 bits per heavy atom. The molecular formula is C15H14F2N2O2. The molecule has 6 heteroatoms. The highest BCUT2D eigenvalue weighted by molar-refractivity contribution is 5.63. The van der Waals surface area contributed by atoms with Gasteiger partial charge in [0.25, 0.3) is 0 Å². The average molecular weight is 292 g/mol. The third kappa shape index (κ3) is 3.16. The van der Waals surface area contributed by atoms with Crippen LogP contribution in [0, 0.1) is 28.7 Å². The summed E-state index contributed by atoms with van der Waals surface area (Å²) in [6, 6.07) is 8.56. The third-order valence-corrected chi connectivity index (χ3v) is 3.24. The summed E-state index contributed by atoms with van der Waals surface area (Å²) in [6.07, 6.45) is 0. The Labute approximate surface area is 120 Å². The molecule has 1 atom stereocenters. The van der Waals surface area contributed by atoms with E-state index in [2.05, 4.69) is 5.32 Å². The zero-order chi connectivity index (χ0) is 15.6. The molecule has 0 aliphatic heterocycles. The van der Waals surface area contributed by atoms with Gasteiger partial charge in [0.05, 0.1) is 4.92 Å². The Morgan fingerprint density at radius 3 is 2.52 bits per heavy atom. The summed E-state index contributed by atoms with van der Waals surface area (Å²) in [4.78, 5) is 10.1. The summed E-state index contributed by atoms with van der Waals surface area (Å²) in [6.45, 7) is 3.67. The number of halogens is 2. The molecule has 1 unspecified atom stereocenters. The second kappa shape index (κ2) is 5.87. The minimum Gasteiger partial charge on any atom is -0.373 e. The lowest BCUT2D eigenvalue weighted by atomic mass is 10.0. The van der Waals surface area contributed by atoms with Crippen molar-refractivity contribution in [1.82, 2.24) is 0 Å². The van der Waals surface area contributed by atoms with E-state index in [1.165, 1.54) is 0 Å². The topological polar surface area (TPSA) is 55.2 Å². The first-order valence-electron chi connectivity index (χ1n) is 6.35. The van der Waals surface area contributed by atoms with Gasteiger partial charge in [-0.25, -0.2) is 4.39 Å². The highest BCUT2D eigenvalue weighted by Gasteiger charge is 2.23. The summed E-state index contributed by atoms with van der Waals surface area (Å²) in [5.74, 6) is -2.06. The SMILES string of the molecule is Cc1ccccc1C(C)Nc1cc(F)cc(F)c1[N+](=O)[O-]. The third-order valence-electron chi connectivity index (χ3n) is 3.24. The van der Waals surface area contributed by atoms with Crippen molar-refractivity contribution in [3.8, 4) is 0 Å². The number of aryl methyl sites for hydroxylation is 1. The van der Waals surface area contributed by atoms with E-state index < -0.39 is 22.2 Å². The summed E-state index contributed by atoms with van der Waals surface area (Å²) in [5, 5.41) is 13.8. The molecule has 0 saturated carbocycles. The Balaban J connectivity index is 2.40. The molecule has 110 valence electrons. The van der Waals surface area contributed by atoms with E-state index in [9.17, 15) is 18.9 Å². The van der Waals surface area contributed by atoms with Crippen LogP contribution in [0.15, 0.2) is 36.4 Å². The highest BCUT2D eigenvalue weighted by Crippen LogP contribution is 2.32. The van der Waals surface area contributed by atoms with Crippen molar-refractivity contribution in [3.05, 3.63) is 69.3 Å². The Hall–Kier alpha value is -2.50. The van der Waals surface area contributed by atoms with Gasteiger partial charge in [0.1, 0.15) is 11.5 Å². The fourth-order valence-electron chi connectivity index (χ4n) is 2.25. The Morgan fingerprint density at radius 2 is 1.90 bits per heavy atom. The Kier molecular flexibility index (Phi) is 4.16. The number of nitro benzene ring substituents is 1. The van der Waals surface area contributed by atoms with E-state index in [-0.39, 0.29) is 11.7 Å². The largest absolute Gasteiger partial charge is 0.373 e. The molecule has 4 nitrogen and oxygen atoms in total. The molecule has 0 aliphatic carbocycles. The molecule has 0 saturated heterocycles. The summed E-state index contributed by atoms with van der Waals surface area (Å²) in [7, 11) is 0. The van der Waals surface area contributed by atoms with E-state index in [0.717, 1.165) is 17.2 Å². The van der Waals surface area contributed by atoms with Crippen LogP contribution in [-0.2, 0) is 0 Å². The molecular weight excluding hydrogens is 278 g/mol. The van der Waals surface area contributed by atoms with Gasteiger partial charge in [-0.15, -0.1) is 0 Å².